The first-order valence-corrected chi connectivity index (χ1v) is 16.5. The van der Waals surface area contributed by atoms with Gasteiger partial charge in [-0.15, -0.1) is 0 Å². The SMILES string of the molecule is NC=Cc1cc(NC(=O)c2ccc3c(c2)nc(CN2CC=C(c4cccc(OCc5ccc(Cl)cc5F)n4)CC2)n3CC2CCO2)ccn1. The lowest BCUT2D eigenvalue weighted by atomic mass is 10.0. The first-order valence-electron chi connectivity index (χ1n) is 16.1. The maximum atomic E-state index is 14.2. The van der Waals surface area contributed by atoms with Crippen LogP contribution in [-0.4, -0.2) is 56.1 Å². The van der Waals surface area contributed by atoms with Gasteiger partial charge in [0.25, 0.3) is 5.91 Å². The molecule has 1 atom stereocenters. The van der Waals surface area contributed by atoms with Crippen LogP contribution in [0, 0.1) is 5.82 Å². The summed E-state index contributed by atoms with van der Waals surface area (Å²) in [7, 11) is 0. The van der Waals surface area contributed by atoms with Crippen LogP contribution in [0.15, 0.2) is 85.2 Å². The van der Waals surface area contributed by atoms with Gasteiger partial charge in [-0.2, -0.15) is 0 Å². The minimum absolute atomic E-state index is 0.0595. The van der Waals surface area contributed by atoms with E-state index in [1.165, 1.54) is 12.3 Å². The molecular weight excluding hydrogens is 645 g/mol. The Bertz CT molecular complexity index is 2060. The van der Waals surface area contributed by atoms with Crippen molar-refractivity contribution < 1.29 is 18.7 Å². The smallest absolute Gasteiger partial charge is 0.255 e. The first-order chi connectivity index (χ1) is 23.9. The van der Waals surface area contributed by atoms with Gasteiger partial charge < -0.3 is 25.1 Å². The van der Waals surface area contributed by atoms with Crippen LogP contribution in [0.1, 0.15) is 46.0 Å². The minimum atomic E-state index is -0.408. The Labute approximate surface area is 288 Å². The Morgan fingerprint density at radius 1 is 1.14 bits per heavy atom. The van der Waals surface area contributed by atoms with Crippen molar-refractivity contribution in [3.05, 3.63) is 124 Å². The molecule has 2 aliphatic heterocycles. The Balaban J connectivity index is 1.04. The molecule has 3 aromatic heterocycles. The summed E-state index contributed by atoms with van der Waals surface area (Å²) in [5, 5.41) is 3.29. The summed E-state index contributed by atoms with van der Waals surface area (Å²) in [4.78, 5) is 29.5. The molecule has 5 heterocycles. The molecule has 2 aromatic carbocycles. The molecule has 12 heteroatoms. The summed E-state index contributed by atoms with van der Waals surface area (Å²) in [6, 6.07) is 19.3. The van der Waals surface area contributed by atoms with E-state index in [4.69, 9.17) is 31.8 Å². The van der Waals surface area contributed by atoms with Crippen molar-refractivity contribution in [2.45, 2.75) is 38.6 Å². The van der Waals surface area contributed by atoms with E-state index >= 15 is 0 Å². The Kier molecular flexibility index (Phi) is 9.65. The number of aromatic nitrogens is 4. The highest BCUT2D eigenvalue weighted by Crippen LogP contribution is 2.27. The topological polar surface area (TPSA) is 120 Å². The molecule has 49 heavy (non-hydrogen) atoms. The number of halogens is 2. The summed E-state index contributed by atoms with van der Waals surface area (Å²) >= 11 is 5.87. The molecule has 0 radical (unpaired) electrons. The number of ether oxygens (including phenoxy) is 2. The fourth-order valence-corrected chi connectivity index (χ4v) is 6.11. The van der Waals surface area contributed by atoms with Gasteiger partial charge in [0.1, 0.15) is 18.2 Å². The Hall–Kier alpha value is -5.10. The zero-order chi connectivity index (χ0) is 33.7. The number of fused-ring (bicyclic) bond motifs is 1. The number of imidazole rings is 1. The van der Waals surface area contributed by atoms with Crippen molar-refractivity contribution in [3.8, 4) is 5.88 Å². The van der Waals surface area contributed by atoms with Crippen LogP contribution in [0.3, 0.4) is 0 Å². The second-order valence-electron chi connectivity index (χ2n) is 12.0. The minimum Gasteiger partial charge on any atom is -0.473 e. The molecule has 1 amide bonds. The second kappa shape index (κ2) is 14.6. The summed E-state index contributed by atoms with van der Waals surface area (Å²) in [6.45, 7) is 3.72. The zero-order valence-corrected chi connectivity index (χ0v) is 27.4. The number of nitrogens with zero attached hydrogens (tertiary/aromatic N) is 5. The van der Waals surface area contributed by atoms with E-state index in [0.29, 0.717) is 46.5 Å². The summed E-state index contributed by atoms with van der Waals surface area (Å²) in [5.74, 6) is 0.720. The highest BCUT2D eigenvalue weighted by Gasteiger charge is 2.24. The third-order valence-electron chi connectivity index (χ3n) is 8.68. The molecular formula is C37H35ClFN7O3. The number of anilines is 1. The molecule has 2 aliphatic rings. The number of pyridine rings is 2. The van der Waals surface area contributed by atoms with E-state index in [0.717, 1.165) is 60.7 Å². The maximum Gasteiger partial charge on any atom is 0.255 e. The molecule has 1 fully saturated rings. The van der Waals surface area contributed by atoms with Crippen molar-refractivity contribution in [1.29, 1.82) is 0 Å². The number of hydrogen-bond donors (Lipinski definition) is 2. The van der Waals surface area contributed by atoms with Gasteiger partial charge in [0, 0.05) is 53.8 Å². The lowest BCUT2D eigenvalue weighted by Crippen LogP contribution is -2.33. The van der Waals surface area contributed by atoms with E-state index in [1.807, 2.05) is 30.3 Å². The Morgan fingerprint density at radius 2 is 2.04 bits per heavy atom. The fourth-order valence-electron chi connectivity index (χ4n) is 5.95. The van der Waals surface area contributed by atoms with E-state index in [2.05, 4.69) is 30.8 Å². The molecule has 0 bridgehead atoms. The predicted octanol–water partition coefficient (Wildman–Crippen LogP) is 6.46. The average Bonchev–Trinajstić information content (AvgIpc) is 3.42. The van der Waals surface area contributed by atoms with Gasteiger partial charge in [0.2, 0.25) is 5.88 Å². The number of nitrogens with two attached hydrogens (primary N) is 1. The number of carbonyl (C=O) groups is 1. The molecule has 3 N–H and O–H groups in total. The van der Waals surface area contributed by atoms with E-state index < -0.39 is 5.82 Å². The summed E-state index contributed by atoms with van der Waals surface area (Å²) in [6.07, 6.45) is 8.84. The monoisotopic (exact) mass is 679 g/mol. The fraction of sp³-hybridized carbons (Fsp3) is 0.243. The molecule has 0 saturated carbocycles. The summed E-state index contributed by atoms with van der Waals surface area (Å²) < 4.78 is 28.0. The van der Waals surface area contributed by atoms with Crippen molar-refractivity contribution >= 4 is 45.9 Å². The molecule has 7 rings (SSSR count). The van der Waals surface area contributed by atoms with Crippen LogP contribution in [0.4, 0.5) is 10.1 Å². The number of amides is 1. The van der Waals surface area contributed by atoms with Gasteiger partial charge in [-0.25, -0.2) is 14.4 Å². The molecule has 5 aromatic rings. The number of rotatable bonds is 11. The number of hydrogen-bond acceptors (Lipinski definition) is 8. The van der Waals surface area contributed by atoms with Crippen LogP contribution >= 0.6 is 11.6 Å². The molecule has 1 unspecified atom stereocenters. The third-order valence-corrected chi connectivity index (χ3v) is 8.91. The normalized spacial score (nSPS) is 16.4. The van der Waals surface area contributed by atoms with Crippen LogP contribution in [0.5, 0.6) is 5.88 Å². The van der Waals surface area contributed by atoms with E-state index in [1.54, 1.807) is 42.6 Å². The van der Waals surface area contributed by atoms with Crippen molar-refractivity contribution in [2.75, 3.05) is 25.0 Å². The van der Waals surface area contributed by atoms with Gasteiger partial charge in [0.05, 0.1) is 41.6 Å². The van der Waals surface area contributed by atoms with Crippen LogP contribution < -0.4 is 15.8 Å². The first kappa shape index (κ1) is 32.4. The van der Waals surface area contributed by atoms with E-state index in [9.17, 15) is 9.18 Å². The van der Waals surface area contributed by atoms with Gasteiger partial charge >= 0.3 is 0 Å². The molecule has 250 valence electrons. The van der Waals surface area contributed by atoms with Crippen molar-refractivity contribution in [3.63, 3.8) is 0 Å². The zero-order valence-electron chi connectivity index (χ0n) is 26.7. The second-order valence-corrected chi connectivity index (χ2v) is 12.4. The van der Waals surface area contributed by atoms with Crippen molar-refractivity contribution in [1.82, 2.24) is 24.4 Å². The lowest BCUT2D eigenvalue weighted by molar-refractivity contribution is -0.0591. The molecule has 0 aliphatic carbocycles. The van der Waals surface area contributed by atoms with Crippen LogP contribution in [0.2, 0.25) is 5.02 Å². The van der Waals surface area contributed by atoms with Gasteiger partial charge in [-0.3, -0.25) is 14.7 Å². The largest absolute Gasteiger partial charge is 0.473 e. The number of benzene rings is 2. The Morgan fingerprint density at radius 3 is 2.82 bits per heavy atom. The highest BCUT2D eigenvalue weighted by molar-refractivity contribution is 6.30. The van der Waals surface area contributed by atoms with Crippen molar-refractivity contribution in [2.24, 2.45) is 5.73 Å². The lowest BCUT2D eigenvalue weighted by Gasteiger charge is -2.29. The maximum absolute atomic E-state index is 14.2. The molecule has 0 spiro atoms. The number of carbonyl (C=O) groups excluding carboxylic acids is 1. The van der Waals surface area contributed by atoms with Gasteiger partial charge in [-0.1, -0.05) is 29.8 Å². The van der Waals surface area contributed by atoms with E-state index in [-0.39, 0.29) is 18.6 Å². The van der Waals surface area contributed by atoms with Crippen LogP contribution in [0.25, 0.3) is 22.7 Å². The van der Waals surface area contributed by atoms with Gasteiger partial charge in [-0.05, 0) is 79.2 Å². The average molecular weight is 680 g/mol. The number of nitrogens with one attached hydrogen (secondary N) is 1. The third kappa shape index (κ3) is 7.64. The molecule has 1 saturated heterocycles. The summed E-state index contributed by atoms with van der Waals surface area (Å²) in [5.41, 5.74) is 11.4. The molecule has 10 nitrogen and oxygen atoms in total. The predicted molar refractivity (Wildman–Crippen MR) is 187 cm³/mol. The highest BCUT2D eigenvalue weighted by atomic mass is 35.5. The van der Waals surface area contributed by atoms with Gasteiger partial charge in [0.15, 0.2) is 0 Å². The quantitative estimate of drug-likeness (QED) is 0.163. The van der Waals surface area contributed by atoms with Crippen LogP contribution in [-0.2, 0) is 24.4 Å². The standard InChI is InChI=1S/C37H35ClFN7O3/c38-27-6-4-26(31(39)19-27)23-49-36-3-1-2-32(44-36)24-10-15-45(16-11-24)22-35-43-33-18-25(5-7-34(33)46(35)21-30-12-17-48-30)37(47)42-29-9-14-41-28(20-29)8-13-40/h1-10,13-14,18-20,30H,11-12,15-17,21-23,40H2,(H,41,42,47).